The van der Waals surface area contributed by atoms with Crippen LogP contribution in [0.2, 0.25) is 0 Å². The van der Waals surface area contributed by atoms with Crippen LogP contribution in [0.5, 0.6) is 0 Å². The van der Waals surface area contributed by atoms with Gasteiger partial charge in [-0.3, -0.25) is 19.1 Å². The van der Waals surface area contributed by atoms with E-state index >= 15 is 0 Å². The molecule has 1 aliphatic rings. The SMILES string of the molecule is O=C(c1c(-c2ncccn2)[nH]n2c(=O)ccnc12)N1CC(CF)C1. The molecule has 122 valence electrons. The minimum atomic E-state index is -0.454. The largest absolute Gasteiger partial charge is 0.338 e. The maximum absolute atomic E-state index is 12.8. The van der Waals surface area contributed by atoms with Crippen molar-refractivity contribution in [3.05, 3.63) is 46.6 Å². The predicted octanol–water partition coefficient (Wildman–Crippen LogP) is 0.521. The van der Waals surface area contributed by atoms with Crippen LogP contribution in [0.3, 0.4) is 0 Å². The van der Waals surface area contributed by atoms with Crippen LogP contribution in [0.4, 0.5) is 4.39 Å². The molecule has 4 rings (SSSR count). The number of carbonyl (C=O) groups excluding carboxylic acids is 1. The first-order chi connectivity index (χ1) is 11.7. The zero-order valence-corrected chi connectivity index (χ0v) is 12.5. The van der Waals surface area contributed by atoms with Crippen molar-refractivity contribution < 1.29 is 9.18 Å². The number of fused-ring (bicyclic) bond motifs is 1. The van der Waals surface area contributed by atoms with Crippen molar-refractivity contribution in [2.24, 2.45) is 5.92 Å². The number of nitrogens with one attached hydrogen (secondary N) is 1. The molecule has 0 bridgehead atoms. The molecule has 8 nitrogen and oxygen atoms in total. The van der Waals surface area contributed by atoms with Crippen molar-refractivity contribution in [2.75, 3.05) is 19.8 Å². The summed E-state index contributed by atoms with van der Waals surface area (Å²) in [4.78, 5) is 38.8. The Kier molecular flexibility index (Phi) is 3.33. The second-order valence-corrected chi connectivity index (χ2v) is 5.61. The van der Waals surface area contributed by atoms with E-state index in [1.165, 1.54) is 21.7 Å². The molecule has 1 N–H and O–H groups in total. The van der Waals surface area contributed by atoms with Gasteiger partial charge in [0.05, 0.1) is 6.67 Å². The summed E-state index contributed by atoms with van der Waals surface area (Å²) < 4.78 is 13.8. The number of aromatic nitrogens is 5. The van der Waals surface area contributed by atoms with Gasteiger partial charge in [-0.2, -0.15) is 0 Å². The van der Waals surface area contributed by atoms with Gasteiger partial charge in [0, 0.05) is 43.7 Å². The lowest BCUT2D eigenvalue weighted by Crippen LogP contribution is -2.50. The number of H-pyrrole nitrogens is 1. The third kappa shape index (κ3) is 2.16. The summed E-state index contributed by atoms with van der Waals surface area (Å²) >= 11 is 0. The van der Waals surface area contributed by atoms with Gasteiger partial charge in [-0.05, 0) is 6.07 Å². The van der Waals surface area contributed by atoms with Crippen molar-refractivity contribution >= 4 is 11.6 Å². The van der Waals surface area contributed by atoms with E-state index in [9.17, 15) is 14.0 Å². The molecule has 3 aromatic rings. The first kappa shape index (κ1) is 14.5. The van der Waals surface area contributed by atoms with E-state index in [0.29, 0.717) is 18.8 Å². The third-order valence-corrected chi connectivity index (χ3v) is 4.01. The quantitative estimate of drug-likeness (QED) is 0.756. The fourth-order valence-corrected chi connectivity index (χ4v) is 2.76. The monoisotopic (exact) mass is 328 g/mol. The average Bonchev–Trinajstić information content (AvgIpc) is 2.95. The fraction of sp³-hybridized carbons (Fsp3) is 0.267. The number of aromatic amines is 1. The Labute approximate surface area is 135 Å². The predicted molar refractivity (Wildman–Crippen MR) is 82.2 cm³/mol. The van der Waals surface area contributed by atoms with Crippen LogP contribution >= 0.6 is 0 Å². The van der Waals surface area contributed by atoms with Gasteiger partial charge >= 0.3 is 0 Å². The van der Waals surface area contributed by atoms with Gasteiger partial charge < -0.3 is 4.90 Å². The first-order valence-corrected chi connectivity index (χ1v) is 7.41. The molecular formula is C15H13FN6O2. The number of hydrogen-bond acceptors (Lipinski definition) is 5. The van der Waals surface area contributed by atoms with Gasteiger partial charge in [-0.25, -0.2) is 19.5 Å². The molecule has 1 fully saturated rings. The Hall–Kier alpha value is -3.10. The van der Waals surface area contributed by atoms with Crippen LogP contribution in [-0.2, 0) is 0 Å². The molecule has 3 aromatic heterocycles. The minimum Gasteiger partial charge on any atom is -0.338 e. The maximum Gasteiger partial charge on any atom is 0.272 e. The van der Waals surface area contributed by atoms with Crippen molar-refractivity contribution in [1.29, 1.82) is 0 Å². The minimum absolute atomic E-state index is 0.133. The van der Waals surface area contributed by atoms with Crippen LogP contribution in [0.1, 0.15) is 10.4 Å². The summed E-state index contributed by atoms with van der Waals surface area (Å²) in [6, 6.07) is 2.94. The Morgan fingerprint density at radius 3 is 2.71 bits per heavy atom. The molecule has 0 saturated carbocycles. The van der Waals surface area contributed by atoms with E-state index in [0.717, 1.165) is 0 Å². The number of halogens is 1. The molecule has 0 radical (unpaired) electrons. The van der Waals surface area contributed by atoms with Gasteiger partial charge in [0.25, 0.3) is 11.5 Å². The zero-order chi connectivity index (χ0) is 16.7. The molecule has 0 aliphatic carbocycles. The second kappa shape index (κ2) is 5.52. The van der Waals surface area contributed by atoms with Crippen molar-refractivity contribution in [3.8, 4) is 11.5 Å². The van der Waals surface area contributed by atoms with E-state index in [-0.39, 0.29) is 34.4 Å². The Bertz CT molecular complexity index is 961. The molecule has 0 aromatic carbocycles. The average molecular weight is 328 g/mol. The van der Waals surface area contributed by atoms with Gasteiger partial charge in [0.2, 0.25) is 0 Å². The van der Waals surface area contributed by atoms with Crippen LogP contribution < -0.4 is 5.56 Å². The molecule has 0 unspecified atom stereocenters. The summed E-state index contributed by atoms with van der Waals surface area (Å²) in [6.45, 7) is 0.238. The molecule has 0 atom stereocenters. The smallest absolute Gasteiger partial charge is 0.272 e. The van der Waals surface area contributed by atoms with Crippen molar-refractivity contribution in [2.45, 2.75) is 0 Å². The summed E-state index contributed by atoms with van der Waals surface area (Å²) in [5.41, 5.74) is 0.399. The summed E-state index contributed by atoms with van der Waals surface area (Å²) in [7, 11) is 0. The Morgan fingerprint density at radius 1 is 1.25 bits per heavy atom. The molecule has 24 heavy (non-hydrogen) atoms. The standard InChI is InChI=1S/C15H13FN6O2/c16-6-9-7-21(8-9)15(24)11-12(13-17-3-1-4-18-13)20-22-10(23)2-5-19-14(11)22/h1-5,9,20H,6-8H2. The highest BCUT2D eigenvalue weighted by Gasteiger charge is 2.35. The van der Waals surface area contributed by atoms with E-state index in [1.807, 2.05) is 0 Å². The van der Waals surface area contributed by atoms with E-state index in [2.05, 4.69) is 20.1 Å². The number of carbonyl (C=O) groups is 1. The van der Waals surface area contributed by atoms with Crippen LogP contribution in [-0.4, -0.2) is 55.1 Å². The lowest BCUT2D eigenvalue weighted by Gasteiger charge is -2.37. The van der Waals surface area contributed by atoms with Gasteiger partial charge in [-0.1, -0.05) is 0 Å². The number of hydrogen-bond donors (Lipinski definition) is 1. The topological polar surface area (TPSA) is 96.2 Å². The van der Waals surface area contributed by atoms with Crippen LogP contribution in [0.15, 0.2) is 35.5 Å². The molecule has 4 heterocycles. The molecule has 1 saturated heterocycles. The lowest BCUT2D eigenvalue weighted by molar-refractivity contribution is 0.0455. The summed E-state index contributed by atoms with van der Waals surface area (Å²) in [5, 5.41) is 2.85. The fourth-order valence-electron chi connectivity index (χ4n) is 2.76. The summed E-state index contributed by atoms with van der Waals surface area (Å²) in [6.07, 6.45) is 4.43. The maximum atomic E-state index is 12.8. The normalized spacial score (nSPS) is 14.8. The molecule has 1 aliphatic heterocycles. The molecular weight excluding hydrogens is 315 g/mol. The Morgan fingerprint density at radius 2 is 2.00 bits per heavy atom. The van der Waals surface area contributed by atoms with E-state index in [4.69, 9.17) is 0 Å². The first-order valence-electron chi connectivity index (χ1n) is 7.41. The van der Waals surface area contributed by atoms with Crippen molar-refractivity contribution in [1.82, 2.24) is 29.5 Å². The van der Waals surface area contributed by atoms with Crippen molar-refractivity contribution in [3.63, 3.8) is 0 Å². The van der Waals surface area contributed by atoms with E-state index in [1.54, 1.807) is 18.5 Å². The number of likely N-dealkylation sites (tertiary alicyclic amines) is 1. The van der Waals surface area contributed by atoms with Gasteiger partial charge in [0.1, 0.15) is 11.3 Å². The number of nitrogens with zero attached hydrogens (tertiary/aromatic N) is 5. The Balaban J connectivity index is 1.88. The third-order valence-electron chi connectivity index (χ3n) is 4.01. The van der Waals surface area contributed by atoms with Crippen LogP contribution in [0.25, 0.3) is 17.2 Å². The van der Waals surface area contributed by atoms with Crippen LogP contribution in [0, 0.1) is 5.92 Å². The highest BCUT2D eigenvalue weighted by atomic mass is 19.1. The highest BCUT2D eigenvalue weighted by Crippen LogP contribution is 2.26. The molecule has 0 spiro atoms. The molecule has 9 heteroatoms. The molecule has 1 amide bonds. The number of amides is 1. The van der Waals surface area contributed by atoms with Gasteiger partial charge in [-0.15, -0.1) is 0 Å². The number of alkyl halides is 1. The van der Waals surface area contributed by atoms with E-state index < -0.39 is 6.67 Å². The lowest BCUT2D eigenvalue weighted by atomic mass is 10.0. The second-order valence-electron chi connectivity index (χ2n) is 5.61. The zero-order valence-electron chi connectivity index (χ0n) is 12.5. The number of rotatable bonds is 3. The highest BCUT2D eigenvalue weighted by molar-refractivity contribution is 6.05. The summed E-state index contributed by atoms with van der Waals surface area (Å²) in [5.74, 6) is -0.168. The van der Waals surface area contributed by atoms with Gasteiger partial charge in [0.15, 0.2) is 11.5 Å².